The SMILES string of the molecule is O=C1CC[C@@]2(CCCN(Cc3nccs3)C2)CN1CCc1ccccn1. The highest BCUT2D eigenvalue weighted by Crippen LogP contribution is 2.39. The molecule has 2 aromatic heterocycles. The van der Waals surface area contributed by atoms with Gasteiger partial charge in [0.25, 0.3) is 0 Å². The first-order valence-electron chi connectivity index (χ1n) is 9.51. The van der Waals surface area contributed by atoms with Crippen molar-refractivity contribution in [2.24, 2.45) is 5.41 Å². The lowest BCUT2D eigenvalue weighted by Crippen LogP contribution is -2.54. The quantitative estimate of drug-likeness (QED) is 0.812. The molecule has 0 saturated carbocycles. The van der Waals surface area contributed by atoms with Gasteiger partial charge in [-0.15, -0.1) is 11.3 Å². The van der Waals surface area contributed by atoms with Gasteiger partial charge >= 0.3 is 0 Å². The largest absolute Gasteiger partial charge is 0.342 e. The van der Waals surface area contributed by atoms with E-state index >= 15 is 0 Å². The molecule has 2 fully saturated rings. The Morgan fingerprint density at radius 2 is 2.12 bits per heavy atom. The monoisotopic (exact) mass is 370 g/mol. The topological polar surface area (TPSA) is 49.3 Å². The first-order valence-corrected chi connectivity index (χ1v) is 10.4. The third-order valence-corrected chi connectivity index (χ3v) is 6.46. The van der Waals surface area contributed by atoms with E-state index in [1.54, 1.807) is 11.3 Å². The van der Waals surface area contributed by atoms with Crippen molar-refractivity contribution in [2.45, 2.75) is 38.6 Å². The molecule has 138 valence electrons. The Morgan fingerprint density at radius 1 is 1.15 bits per heavy atom. The van der Waals surface area contributed by atoms with Gasteiger partial charge in [-0.05, 0) is 37.9 Å². The lowest BCUT2D eigenvalue weighted by atomic mass is 9.73. The van der Waals surface area contributed by atoms with Crippen LogP contribution in [0.1, 0.15) is 36.4 Å². The summed E-state index contributed by atoms with van der Waals surface area (Å²) in [5.41, 5.74) is 1.32. The molecular weight excluding hydrogens is 344 g/mol. The summed E-state index contributed by atoms with van der Waals surface area (Å²) in [6, 6.07) is 5.99. The fraction of sp³-hybridized carbons (Fsp3) is 0.550. The zero-order chi connectivity index (χ0) is 17.8. The third-order valence-electron chi connectivity index (χ3n) is 5.69. The van der Waals surface area contributed by atoms with Crippen LogP contribution in [-0.2, 0) is 17.8 Å². The van der Waals surface area contributed by atoms with E-state index in [0.717, 1.165) is 51.3 Å². The van der Waals surface area contributed by atoms with Crippen molar-refractivity contribution in [3.05, 3.63) is 46.7 Å². The molecule has 4 rings (SSSR count). The third kappa shape index (κ3) is 4.13. The van der Waals surface area contributed by atoms with Crippen LogP contribution in [0.4, 0.5) is 0 Å². The van der Waals surface area contributed by atoms with Crippen molar-refractivity contribution in [3.8, 4) is 0 Å². The Bertz CT molecular complexity index is 721. The van der Waals surface area contributed by atoms with Gasteiger partial charge < -0.3 is 4.90 Å². The van der Waals surface area contributed by atoms with Crippen molar-refractivity contribution in [2.75, 3.05) is 26.2 Å². The smallest absolute Gasteiger partial charge is 0.222 e. The Morgan fingerprint density at radius 3 is 2.92 bits per heavy atom. The van der Waals surface area contributed by atoms with Crippen LogP contribution in [0.2, 0.25) is 0 Å². The molecule has 2 aromatic rings. The van der Waals surface area contributed by atoms with E-state index in [2.05, 4.69) is 19.8 Å². The molecule has 5 nitrogen and oxygen atoms in total. The molecule has 0 N–H and O–H groups in total. The van der Waals surface area contributed by atoms with Gasteiger partial charge in [0.05, 0.1) is 6.54 Å². The summed E-state index contributed by atoms with van der Waals surface area (Å²) in [5.74, 6) is 0.309. The molecule has 2 aliphatic rings. The number of carbonyl (C=O) groups is 1. The molecule has 1 spiro atoms. The van der Waals surface area contributed by atoms with E-state index < -0.39 is 0 Å². The summed E-state index contributed by atoms with van der Waals surface area (Å²) in [6.07, 6.45) is 8.71. The predicted molar refractivity (Wildman–Crippen MR) is 103 cm³/mol. The first kappa shape index (κ1) is 17.6. The molecule has 26 heavy (non-hydrogen) atoms. The number of carbonyl (C=O) groups excluding carboxylic acids is 1. The second-order valence-corrected chi connectivity index (χ2v) is 8.61. The maximum absolute atomic E-state index is 12.5. The van der Waals surface area contributed by atoms with Crippen molar-refractivity contribution in [1.82, 2.24) is 19.8 Å². The van der Waals surface area contributed by atoms with Crippen molar-refractivity contribution in [3.63, 3.8) is 0 Å². The molecular formula is C20H26N4OS. The second kappa shape index (κ2) is 7.84. The van der Waals surface area contributed by atoms with E-state index in [0.29, 0.717) is 12.3 Å². The molecule has 6 heteroatoms. The molecule has 1 amide bonds. The molecule has 0 unspecified atom stereocenters. The number of amides is 1. The average molecular weight is 371 g/mol. The highest BCUT2D eigenvalue weighted by atomic mass is 32.1. The summed E-state index contributed by atoms with van der Waals surface area (Å²) < 4.78 is 0. The number of aromatic nitrogens is 2. The number of pyridine rings is 1. The minimum atomic E-state index is 0.257. The van der Waals surface area contributed by atoms with Gasteiger partial charge in [0.2, 0.25) is 5.91 Å². The summed E-state index contributed by atoms with van der Waals surface area (Å²) in [6.45, 7) is 4.85. The van der Waals surface area contributed by atoms with Crippen LogP contribution in [0.3, 0.4) is 0 Å². The second-order valence-electron chi connectivity index (χ2n) is 7.63. The zero-order valence-electron chi connectivity index (χ0n) is 15.1. The Labute approximate surface area is 159 Å². The molecule has 0 aliphatic carbocycles. The van der Waals surface area contributed by atoms with E-state index in [4.69, 9.17) is 0 Å². The highest BCUT2D eigenvalue weighted by Gasteiger charge is 2.41. The fourth-order valence-electron chi connectivity index (χ4n) is 4.40. The van der Waals surface area contributed by atoms with Crippen LogP contribution in [0.5, 0.6) is 0 Å². The van der Waals surface area contributed by atoms with Gasteiger partial charge in [-0.25, -0.2) is 4.98 Å². The van der Waals surface area contributed by atoms with Gasteiger partial charge in [0.1, 0.15) is 5.01 Å². The predicted octanol–water partition coefficient (Wildman–Crippen LogP) is 2.99. The molecule has 0 aromatic carbocycles. The number of nitrogens with zero attached hydrogens (tertiary/aromatic N) is 4. The molecule has 0 radical (unpaired) electrons. The summed E-state index contributed by atoms with van der Waals surface area (Å²) >= 11 is 1.73. The van der Waals surface area contributed by atoms with Crippen LogP contribution < -0.4 is 0 Å². The number of thiazole rings is 1. The standard InChI is InChI=1S/C20H26N4OS/c25-19-5-8-20(16-24(19)12-6-17-4-1-2-9-21-17)7-3-11-23(15-20)14-18-22-10-13-26-18/h1-2,4,9-10,13H,3,5-8,11-12,14-16H2/t20-/m1/s1. The molecule has 1 atom stereocenters. The van der Waals surface area contributed by atoms with Crippen LogP contribution in [0, 0.1) is 5.41 Å². The zero-order valence-corrected chi connectivity index (χ0v) is 16.0. The average Bonchev–Trinajstić information content (AvgIpc) is 3.17. The summed E-state index contributed by atoms with van der Waals surface area (Å²) in [4.78, 5) is 25.9. The number of hydrogen-bond acceptors (Lipinski definition) is 5. The first-order chi connectivity index (χ1) is 12.7. The number of hydrogen-bond donors (Lipinski definition) is 0. The van der Waals surface area contributed by atoms with Gasteiger partial charge in [-0.2, -0.15) is 0 Å². The highest BCUT2D eigenvalue weighted by molar-refractivity contribution is 7.09. The van der Waals surface area contributed by atoms with Crippen LogP contribution >= 0.6 is 11.3 Å². The van der Waals surface area contributed by atoms with Crippen molar-refractivity contribution >= 4 is 17.2 Å². The van der Waals surface area contributed by atoms with Crippen LogP contribution in [0.15, 0.2) is 36.0 Å². The Balaban J connectivity index is 1.38. The molecule has 0 bridgehead atoms. The van der Waals surface area contributed by atoms with E-state index in [1.165, 1.54) is 17.8 Å². The summed E-state index contributed by atoms with van der Waals surface area (Å²) in [7, 11) is 0. The van der Waals surface area contributed by atoms with E-state index in [-0.39, 0.29) is 5.41 Å². The minimum Gasteiger partial charge on any atom is -0.342 e. The maximum Gasteiger partial charge on any atom is 0.222 e. The maximum atomic E-state index is 12.5. The number of likely N-dealkylation sites (tertiary alicyclic amines) is 2. The summed E-state index contributed by atoms with van der Waals surface area (Å²) in [5, 5.41) is 3.24. The number of piperidine rings is 2. The van der Waals surface area contributed by atoms with Crippen LogP contribution in [0.25, 0.3) is 0 Å². The van der Waals surface area contributed by atoms with Crippen molar-refractivity contribution in [1.29, 1.82) is 0 Å². The van der Waals surface area contributed by atoms with Gasteiger partial charge in [0, 0.05) is 61.4 Å². The van der Waals surface area contributed by atoms with Crippen molar-refractivity contribution < 1.29 is 4.79 Å². The minimum absolute atomic E-state index is 0.257. The Hall–Kier alpha value is -1.79. The lowest BCUT2D eigenvalue weighted by molar-refractivity contribution is -0.139. The fourth-order valence-corrected chi connectivity index (χ4v) is 5.06. The normalized spacial score (nSPS) is 24.3. The molecule has 4 heterocycles. The van der Waals surface area contributed by atoms with E-state index in [1.807, 2.05) is 36.0 Å². The van der Waals surface area contributed by atoms with Gasteiger partial charge in [-0.1, -0.05) is 6.07 Å². The van der Waals surface area contributed by atoms with Crippen LogP contribution in [-0.4, -0.2) is 51.9 Å². The molecule has 2 aliphatic heterocycles. The van der Waals surface area contributed by atoms with Gasteiger partial charge in [-0.3, -0.25) is 14.7 Å². The molecule has 2 saturated heterocycles. The lowest BCUT2D eigenvalue weighted by Gasteiger charge is -2.48. The Kier molecular flexibility index (Phi) is 5.31. The van der Waals surface area contributed by atoms with Gasteiger partial charge in [0.15, 0.2) is 0 Å². The van der Waals surface area contributed by atoms with E-state index in [9.17, 15) is 4.79 Å². The number of rotatable bonds is 5.